The zero-order valence-electron chi connectivity index (χ0n) is 7.02. The molecule has 0 aliphatic heterocycles. The van der Waals surface area contributed by atoms with Crippen LogP contribution in [-0.2, 0) is 19.1 Å². The largest absolute Gasteiger partial charge is 0.481 e. The number of carbonyl (C=O) groups is 3. The molecule has 0 aliphatic rings. The number of carbonyl (C=O) groups excluding carboxylic acids is 2. The van der Waals surface area contributed by atoms with Crippen LogP contribution in [0.1, 0.15) is 12.8 Å². The number of ether oxygens (including phenoxy) is 1. The number of rotatable bonds is 5. The Morgan fingerprint density at radius 3 is 2.31 bits per heavy atom. The summed E-state index contributed by atoms with van der Waals surface area (Å²) in [5.41, 5.74) is 0. The monoisotopic (exact) mass is 190 g/mol. The highest BCUT2D eigenvalue weighted by Gasteiger charge is 2.20. The Morgan fingerprint density at radius 2 is 1.92 bits per heavy atom. The molecule has 0 aliphatic carbocycles. The van der Waals surface area contributed by atoms with E-state index in [4.69, 9.17) is 10.2 Å². The van der Waals surface area contributed by atoms with Gasteiger partial charge in [-0.25, -0.2) is 4.79 Å². The van der Waals surface area contributed by atoms with Crippen molar-refractivity contribution in [2.75, 3.05) is 7.11 Å². The molecule has 0 aromatic heterocycles. The first-order valence-electron chi connectivity index (χ1n) is 3.46. The molecule has 0 spiro atoms. The molecule has 1 atom stereocenters. The Labute approximate surface area is 74.1 Å². The van der Waals surface area contributed by atoms with E-state index in [-0.39, 0.29) is 0 Å². The summed E-state index contributed by atoms with van der Waals surface area (Å²) >= 11 is 0. The number of Topliss-reactive ketones (excluding diaryl/α,β-unsaturated/α-hetero) is 1. The van der Waals surface area contributed by atoms with E-state index < -0.39 is 36.7 Å². The molecule has 0 unspecified atom stereocenters. The van der Waals surface area contributed by atoms with E-state index in [1.807, 2.05) is 0 Å². The topological polar surface area (TPSA) is 101 Å². The first-order valence-corrected chi connectivity index (χ1v) is 3.46. The van der Waals surface area contributed by atoms with Crippen LogP contribution in [0.5, 0.6) is 0 Å². The third-order valence-corrected chi connectivity index (χ3v) is 1.24. The van der Waals surface area contributed by atoms with E-state index in [1.165, 1.54) is 0 Å². The summed E-state index contributed by atoms with van der Waals surface area (Å²) in [4.78, 5) is 31.3. The van der Waals surface area contributed by atoms with Crippen LogP contribution in [0.2, 0.25) is 0 Å². The maximum atomic E-state index is 10.7. The van der Waals surface area contributed by atoms with E-state index in [0.717, 1.165) is 7.11 Å². The molecule has 0 amide bonds. The Bertz CT molecular complexity index is 221. The number of hydrogen-bond acceptors (Lipinski definition) is 5. The summed E-state index contributed by atoms with van der Waals surface area (Å²) in [5, 5.41) is 17.1. The maximum Gasteiger partial charge on any atom is 0.335 e. The van der Waals surface area contributed by atoms with E-state index in [1.54, 1.807) is 0 Å². The molecule has 0 saturated carbocycles. The van der Waals surface area contributed by atoms with Gasteiger partial charge in [-0.2, -0.15) is 0 Å². The van der Waals surface area contributed by atoms with Crippen LogP contribution in [0.15, 0.2) is 0 Å². The van der Waals surface area contributed by atoms with Gasteiger partial charge in [0.25, 0.3) is 0 Å². The second-order valence-corrected chi connectivity index (χ2v) is 2.35. The smallest absolute Gasteiger partial charge is 0.335 e. The molecule has 6 heteroatoms. The normalized spacial score (nSPS) is 11.8. The highest BCUT2D eigenvalue weighted by atomic mass is 16.5. The van der Waals surface area contributed by atoms with Gasteiger partial charge in [-0.1, -0.05) is 0 Å². The highest BCUT2D eigenvalue weighted by Crippen LogP contribution is 1.98. The van der Waals surface area contributed by atoms with Crippen LogP contribution in [0, 0.1) is 0 Å². The zero-order valence-corrected chi connectivity index (χ0v) is 7.02. The second kappa shape index (κ2) is 5.26. The third kappa shape index (κ3) is 4.91. The number of carboxylic acids is 1. The lowest BCUT2D eigenvalue weighted by Crippen LogP contribution is -2.25. The lowest BCUT2D eigenvalue weighted by Gasteiger charge is -2.05. The van der Waals surface area contributed by atoms with Crippen LogP contribution < -0.4 is 0 Å². The molecule has 2 N–H and O–H groups in total. The minimum absolute atomic E-state index is 0.529. The van der Waals surface area contributed by atoms with Crippen LogP contribution >= 0.6 is 0 Å². The van der Waals surface area contributed by atoms with Gasteiger partial charge in [0, 0.05) is 6.42 Å². The molecular formula is C7H10O6. The van der Waals surface area contributed by atoms with Gasteiger partial charge in [-0.15, -0.1) is 0 Å². The number of carboxylic acid groups (broad SMARTS) is 1. The van der Waals surface area contributed by atoms with Gasteiger partial charge in [0.15, 0.2) is 6.10 Å². The zero-order chi connectivity index (χ0) is 10.4. The molecule has 0 aromatic rings. The fourth-order valence-electron chi connectivity index (χ4n) is 0.676. The molecule has 74 valence electrons. The maximum absolute atomic E-state index is 10.7. The van der Waals surface area contributed by atoms with Gasteiger partial charge >= 0.3 is 11.9 Å². The van der Waals surface area contributed by atoms with E-state index in [2.05, 4.69) is 4.74 Å². The average molecular weight is 190 g/mol. The van der Waals surface area contributed by atoms with Crippen LogP contribution in [-0.4, -0.2) is 41.1 Å². The Hall–Kier alpha value is -1.43. The fraction of sp³-hybridized carbons (Fsp3) is 0.571. The molecule has 0 fully saturated rings. The Kier molecular flexibility index (Phi) is 4.68. The number of aliphatic hydroxyl groups excluding tert-OH is 1. The summed E-state index contributed by atoms with van der Waals surface area (Å²) in [6.45, 7) is 0. The average Bonchev–Trinajstić information content (AvgIpc) is 2.01. The first-order chi connectivity index (χ1) is 5.97. The third-order valence-electron chi connectivity index (χ3n) is 1.24. The summed E-state index contributed by atoms with van der Waals surface area (Å²) < 4.78 is 4.13. The Morgan fingerprint density at radius 1 is 1.38 bits per heavy atom. The summed E-state index contributed by atoms with van der Waals surface area (Å²) in [6.07, 6.45) is -2.80. The van der Waals surface area contributed by atoms with Crippen molar-refractivity contribution in [1.82, 2.24) is 0 Å². The van der Waals surface area contributed by atoms with Crippen LogP contribution in [0.25, 0.3) is 0 Å². The van der Waals surface area contributed by atoms with Gasteiger partial charge in [-0.3, -0.25) is 9.59 Å². The van der Waals surface area contributed by atoms with Crippen LogP contribution in [0.3, 0.4) is 0 Å². The van der Waals surface area contributed by atoms with Crippen molar-refractivity contribution in [1.29, 1.82) is 0 Å². The summed E-state index contributed by atoms with van der Waals surface area (Å²) in [5.74, 6) is -2.95. The van der Waals surface area contributed by atoms with Gasteiger partial charge in [0.1, 0.15) is 12.2 Å². The minimum atomic E-state index is -1.57. The van der Waals surface area contributed by atoms with E-state index >= 15 is 0 Å². The minimum Gasteiger partial charge on any atom is -0.481 e. The van der Waals surface area contributed by atoms with Crippen molar-refractivity contribution in [3.8, 4) is 0 Å². The predicted molar refractivity (Wildman–Crippen MR) is 39.9 cm³/mol. The molecule has 0 heterocycles. The standard InChI is InChI=1S/C7H10O6/c1-13-7(12)5(9)2-4(8)3-6(10)11/h5,9H,2-3H2,1H3,(H,10,11)/t5-/m0/s1. The second-order valence-electron chi connectivity index (χ2n) is 2.35. The quantitative estimate of drug-likeness (QED) is 0.424. The van der Waals surface area contributed by atoms with Crippen LogP contribution in [0.4, 0.5) is 0 Å². The molecule has 0 aromatic carbocycles. The lowest BCUT2D eigenvalue weighted by molar-refractivity contribution is -0.153. The van der Waals surface area contributed by atoms with Gasteiger partial charge < -0.3 is 14.9 Å². The molecular weight excluding hydrogens is 180 g/mol. The highest BCUT2D eigenvalue weighted by molar-refractivity contribution is 5.96. The number of aliphatic carboxylic acids is 1. The molecule has 13 heavy (non-hydrogen) atoms. The van der Waals surface area contributed by atoms with Crippen molar-refractivity contribution in [2.45, 2.75) is 18.9 Å². The van der Waals surface area contributed by atoms with Crippen molar-refractivity contribution in [2.24, 2.45) is 0 Å². The van der Waals surface area contributed by atoms with Crippen molar-refractivity contribution in [3.05, 3.63) is 0 Å². The summed E-state index contributed by atoms with van der Waals surface area (Å²) in [6, 6.07) is 0. The fourth-order valence-corrected chi connectivity index (χ4v) is 0.676. The predicted octanol–water partition coefficient (Wildman–Crippen LogP) is -1.05. The molecule has 0 radical (unpaired) electrons. The SMILES string of the molecule is COC(=O)[C@@H](O)CC(=O)CC(=O)O. The van der Waals surface area contributed by atoms with Gasteiger partial charge in [0.05, 0.1) is 7.11 Å². The number of esters is 1. The lowest BCUT2D eigenvalue weighted by atomic mass is 10.1. The molecule has 0 saturated heterocycles. The summed E-state index contributed by atoms with van der Waals surface area (Å²) in [7, 11) is 1.06. The molecule has 0 rings (SSSR count). The number of ketones is 1. The van der Waals surface area contributed by atoms with E-state index in [9.17, 15) is 14.4 Å². The van der Waals surface area contributed by atoms with Gasteiger partial charge in [0.2, 0.25) is 0 Å². The molecule has 6 nitrogen and oxygen atoms in total. The molecule has 0 bridgehead atoms. The van der Waals surface area contributed by atoms with Crippen molar-refractivity contribution < 1.29 is 29.3 Å². The Balaban J connectivity index is 3.91. The number of hydrogen-bond donors (Lipinski definition) is 2. The van der Waals surface area contributed by atoms with Gasteiger partial charge in [-0.05, 0) is 0 Å². The number of aliphatic hydroxyl groups is 1. The van der Waals surface area contributed by atoms with Crippen molar-refractivity contribution >= 4 is 17.7 Å². The first kappa shape index (κ1) is 11.6. The van der Waals surface area contributed by atoms with Crippen molar-refractivity contribution in [3.63, 3.8) is 0 Å². The number of methoxy groups -OCH3 is 1. The van der Waals surface area contributed by atoms with E-state index in [0.29, 0.717) is 0 Å².